The van der Waals surface area contributed by atoms with Crippen molar-refractivity contribution >= 4 is 50.4 Å². The first-order valence-corrected chi connectivity index (χ1v) is 11.1. The van der Waals surface area contributed by atoms with Gasteiger partial charge in [-0.3, -0.25) is 4.40 Å². The number of hydrogen-bond donors (Lipinski definition) is 1. The first kappa shape index (κ1) is 19.2. The number of nitrogens with zero attached hydrogens (tertiary/aromatic N) is 2. The van der Waals surface area contributed by atoms with Crippen LogP contribution in [-0.4, -0.2) is 9.38 Å². The van der Waals surface area contributed by atoms with Crippen LogP contribution >= 0.6 is 33.9 Å². The third-order valence-electron chi connectivity index (χ3n) is 4.74. The molecule has 148 valence electrons. The lowest BCUT2D eigenvalue weighted by atomic mass is 10.1. The van der Waals surface area contributed by atoms with Crippen molar-refractivity contribution in [1.82, 2.24) is 9.38 Å². The summed E-state index contributed by atoms with van der Waals surface area (Å²) in [5.74, 6) is -0.0147. The summed E-state index contributed by atoms with van der Waals surface area (Å²) in [5, 5.41) is 5.37. The topological polar surface area (TPSA) is 29.3 Å². The maximum atomic E-state index is 14.8. The van der Waals surface area contributed by atoms with Crippen LogP contribution in [0.5, 0.6) is 0 Å². The number of nitrogens with one attached hydrogen (secondary N) is 1. The van der Waals surface area contributed by atoms with Gasteiger partial charge in [0.25, 0.3) is 0 Å². The second-order valence-electron chi connectivity index (χ2n) is 6.64. The molecular formula is C23H14F2IN3S. The van der Waals surface area contributed by atoms with Gasteiger partial charge in [0.2, 0.25) is 0 Å². The van der Waals surface area contributed by atoms with Gasteiger partial charge in [-0.15, -0.1) is 11.3 Å². The summed E-state index contributed by atoms with van der Waals surface area (Å²) in [7, 11) is 0. The van der Waals surface area contributed by atoms with Crippen molar-refractivity contribution in [1.29, 1.82) is 0 Å². The molecule has 0 fully saturated rings. The highest BCUT2D eigenvalue weighted by atomic mass is 127. The molecule has 7 heteroatoms. The van der Waals surface area contributed by atoms with Crippen LogP contribution in [0.2, 0.25) is 0 Å². The van der Waals surface area contributed by atoms with Gasteiger partial charge in [0.15, 0.2) is 4.96 Å². The molecule has 0 aliphatic carbocycles. The predicted molar refractivity (Wildman–Crippen MR) is 126 cm³/mol. The van der Waals surface area contributed by atoms with Crippen molar-refractivity contribution in [2.75, 3.05) is 5.32 Å². The maximum absolute atomic E-state index is 14.8. The summed E-state index contributed by atoms with van der Waals surface area (Å²) < 4.78 is 31.0. The molecule has 2 heterocycles. The smallest absolute Gasteiger partial charge is 0.196 e. The van der Waals surface area contributed by atoms with Crippen LogP contribution in [-0.2, 0) is 0 Å². The zero-order chi connectivity index (χ0) is 20.7. The first-order valence-electron chi connectivity index (χ1n) is 9.14. The van der Waals surface area contributed by atoms with Gasteiger partial charge in [0, 0.05) is 14.6 Å². The molecule has 0 saturated heterocycles. The van der Waals surface area contributed by atoms with E-state index in [0.717, 1.165) is 19.8 Å². The number of anilines is 2. The lowest BCUT2D eigenvalue weighted by Gasteiger charge is -2.12. The van der Waals surface area contributed by atoms with E-state index in [9.17, 15) is 8.78 Å². The van der Waals surface area contributed by atoms with Crippen LogP contribution in [0.3, 0.4) is 0 Å². The number of thiazole rings is 1. The molecule has 0 aliphatic rings. The standard InChI is InChI=1S/C23H14F2IN3S/c24-15-9-11-16(12-10-15)27-22-21(20-17(25)7-4-8-18(20)26)28-23-29(22)19(13-30-23)14-5-2-1-3-6-14/h1-13,27H. The fourth-order valence-electron chi connectivity index (χ4n) is 3.35. The molecule has 5 rings (SSSR count). The van der Waals surface area contributed by atoms with Gasteiger partial charge in [-0.25, -0.2) is 13.8 Å². The minimum absolute atomic E-state index is 0.316. The van der Waals surface area contributed by atoms with Gasteiger partial charge in [0.05, 0.1) is 11.3 Å². The zero-order valence-electron chi connectivity index (χ0n) is 15.4. The molecule has 0 unspecified atom stereocenters. The van der Waals surface area contributed by atoms with Gasteiger partial charge in [0.1, 0.15) is 23.1 Å². The van der Waals surface area contributed by atoms with Gasteiger partial charge in [-0.2, -0.15) is 0 Å². The molecule has 30 heavy (non-hydrogen) atoms. The summed E-state index contributed by atoms with van der Waals surface area (Å²) in [6.07, 6.45) is 0. The normalized spacial score (nSPS) is 11.2. The van der Waals surface area contributed by atoms with Crippen molar-refractivity contribution in [2.45, 2.75) is 0 Å². The van der Waals surface area contributed by atoms with Crippen LogP contribution in [0, 0.1) is 15.2 Å². The molecule has 1 N–H and O–H groups in total. The molecule has 0 spiro atoms. The Hall–Kier alpha value is -2.78. The third-order valence-corrected chi connectivity index (χ3v) is 6.46. The Morgan fingerprint density at radius 2 is 1.67 bits per heavy atom. The summed E-state index contributed by atoms with van der Waals surface area (Å²) in [4.78, 5) is 5.51. The van der Waals surface area contributed by atoms with E-state index in [1.807, 2.05) is 46.2 Å². The number of rotatable bonds is 4. The molecule has 0 amide bonds. The Labute approximate surface area is 189 Å². The molecule has 0 atom stereocenters. The number of hydrogen-bond acceptors (Lipinski definition) is 3. The van der Waals surface area contributed by atoms with E-state index in [-0.39, 0.29) is 11.6 Å². The SMILES string of the molecule is Fc1ccc(Nc2c(-c3c(F)cccc3I)nc3scc(-c4ccccc4)n23)cc1. The van der Waals surface area contributed by atoms with Crippen molar-refractivity contribution in [3.05, 3.63) is 93.4 Å². The van der Waals surface area contributed by atoms with Crippen molar-refractivity contribution < 1.29 is 8.78 Å². The lowest BCUT2D eigenvalue weighted by Crippen LogP contribution is -1.99. The van der Waals surface area contributed by atoms with Crippen LogP contribution in [0.15, 0.2) is 78.2 Å². The summed E-state index contributed by atoms with van der Waals surface area (Å²) in [6.45, 7) is 0. The zero-order valence-corrected chi connectivity index (χ0v) is 18.4. The van der Waals surface area contributed by atoms with Crippen LogP contribution < -0.4 is 5.32 Å². The monoisotopic (exact) mass is 529 g/mol. The minimum Gasteiger partial charge on any atom is -0.339 e. The molecule has 0 radical (unpaired) electrons. The van der Waals surface area contributed by atoms with E-state index >= 15 is 0 Å². The highest BCUT2D eigenvalue weighted by molar-refractivity contribution is 14.1. The summed E-state index contributed by atoms with van der Waals surface area (Å²) in [5.41, 5.74) is 3.63. The van der Waals surface area contributed by atoms with E-state index in [4.69, 9.17) is 4.98 Å². The molecule has 3 nitrogen and oxygen atoms in total. The molecule has 3 aromatic carbocycles. The minimum atomic E-state index is -0.337. The third kappa shape index (κ3) is 3.37. The largest absolute Gasteiger partial charge is 0.339 e. The molecular weight excluding hydrogens is 515 g/mol. The Kier molecular flexibility index (Phi) is 5.00. The first-order chi connectivity index (χ1) is 14.6. The second kappa shape index (κ2) is 7.81. The number of benzene rings is 3. The van der Waals surface area contributed by atoms with Gasteiger partial charge >= 0.3 is 0 Å². The molecule has 0 saturated carbocycles. The van der Waals surface area contributed by atoms with Crippen molar-refractivity contribution in [3.63, 3.8) is 0 Å². The van der Waals surface area contributed by atoms with Gasteiger partial charge in [-0.1, -0.05) is 36.4 Å². The van der Waals surface area contributed by atoms with Gasteiger partial charge < -0.3 is 5.32 Å². The Balaban J connectivity index is 1.78. The van der Waals surface area contributed by atoms with Crippen molar-refractivity contribution in [3.8, 4) is 22.5 Å². The van der Waals surface area contributed by atoms with E-state index in [0.29, 0.717) is 22.8 Å². The van der Waals surface area contributed by atoms with Crippen molar-refractivity contribution in [2.24, 2.45) is 0 Å². The average Bonchev–Trinajstić information content (AvgIpc) is 3.31. The highest BCUT2D eigenvalue weighted by Gasteiger charge is 2.23. The highest BCUT2D eigenvalue weighted by Crippen LogP contribution is 2.39. The van der Waals surface area contributed by atoms with E-state index < -0.39 is 0 Å². The molecule has 0 bridgehead atoms. The number of aromatic nitrogens is 2. The number of halogens is 3. The maximum Gasteiger partial charge on any atom is 0.196 e. The van der Waals surface area contributed by atoms with Crippen LogP contribution in [0.25, 0.3) is 27.5 Å². The van der Waals surface area contributed by atoms with E-state index in [1.54, 1.807) is 18.2 Å². The molecule has 5 aromatic rings. The Morgan fingerprint density at radius 1 is 0.900 bits per heavy atom. The number of fused-ring (bicyclic) bond motifs is 1. The predicted octanol–water partition coefficient (Wildman–Crippen LogP) is 7.36. The van der Waals surface area contributed by atoms with Gasteiger partial charge in [-0.05, 0) is 64.6 Å². The second-order valence-corrected chi connectivity index (χ2v) is 8.64. The fourth-order valence-corrected chi connectivity index (χ4v) is 4.97. The van der Waals surface area contributed by atoms with E-state index in [1.165, 1.54) is 29.5 Å². The molecule has 2 aromatic heterocycles. The summed E-state index contributed by atoms with van der Waals surface area (Å²) in [6, 6.07) is 21.0. The van der Waals surface area contributed by atoms with Crippen LogP contribution in [0.4, 0.5) is 20.3 Å². The Morgan fingerprint density at radius 3 is 2.40 bits per heavy atom. The van der Waals surface area contributed by atoms with E-state index in [2.05, 4.69) is 27.9 Å². The Bertz CT molecular complexity index is 1320. The summed E-state index contributed by atoms with van der Waals surface area (Å²) >= 11 is 3.61. The lowest BCUT2D eigenvalue weighted by molar-refractivity contribution is 0.628. The average molecular weight is 529 g/mol. The fraction of sp³-hybridized carbons (Fsp3) is 0. The molecule has 0 aliphatic heterocycles. The van der Waals surface area contributed by atoms with Crippen LogP contribution in [0.1, 0.15) is 0 Å². The quantitative estimate of drug-likeness (QED) is 0.247. The number of imidazole rings is 1.